The second-order valence-electron chi connectivity index (χ2n) is 5.81. The highest BCUT2D eigenvalue weighted by Crippen LogP contribution is 2.24. The van der Waals surface area contributed by atoms with E-state index in [4.69, 9.17) is 10.5 Å². The normalized spacial score (nSPS) is 24.6. The number of benzene rings is 1. The lowest BCUT2D eigenvalue weighted by molar-refractivity contribution is -0.143. The standard InChI is InChI=1S/C16H21N3O3/c17-16(21)14-7-11-3-1-2-4-12(11)10-19(14)15(20)8-13-9-18-5-6-22-13/h1-4,13-14,18H,5-10H2,(H2,17,21). The molecule has 2 aliphatic heterocycles. The van der Waals surface area contributed by atoms with Crippen molar-refractivity contribution in [3.63, 3.8) is 0 Å². The van der Waals surface area contributed by atoms with Crippen LogP contribution < -0.4 is 11.1 Å². The number of fused-ring (bicyclic) bond motifs is 1. The molecule has 2 atom stereocenters. The van der Waals surface area contributed by atoms with Gasteiger partial charge in [-0.3, -0.25) is 9.59 Å². The molecule has 2 amide bonds. The summed E-state index contributed by atoms with van der Waals surface area (Å²) in [7, 11) is 0. The maximum absolute atomic E-state index is 12.6. The average molecular weight is 303 g/mol. The Morgan fingerprint density at radius 3 is 2.77 bits per heavy atom. The quantitative estimate of drug-likeness (QED) is 0.810. The van der Waals surface area contributed by atoms with Crippen molar-refractivity contribution in [2.75, 3.05) is 19.7 Å². The SMILES string of the molecule is NC(=O)C1Cc2ccccc2CN1C(=O)CC1CNCCO1. The van der Waals surface area contributed by atoms with Gasteiger partial charge in [-0.05, 0) is 11.1 Å². The van der Waals surface area contributed by atoms with Crippen LogP contribution in [0.25, 0.3) is 0 Å². The Hall–Kier alpha value is -1.92. The summed E-state index contributed by atoms with van der Waals surface area (Å²) in [6, 6.07) is 7.29. The molecular formula is C16H21N3O3. The van der Waals surface area contributed by atoms with E-state index in [1.807, 2.05) is 24.3 Å². The zero-order valence-corrected chi connectivity index (χ0v) is 12.5. The van der Waals surface area contributed by atoms with Crippen molar-refractivity contribution in [1.29, 1.82) is 0 Å². The molecule has 0 aliphatic carbocycles. The Morgan fingerprint density at radius 1 is 1.32 bits per heavy atom. The van der Waals surface area contributed by atoms with E-state index in [2.05, 4.69) is 5.32 Å². The maximum atomic E-state index is 12.6. The van der Waals surface area contributed by atoms with Crippen molar-refractivity contribution >= 4 is 11.8 Å². The van der Waals surface area contributed by atoms with Crippen molar-refractivity contribution in [1.82, 2.24) is 10.2 Å². The second kappa shape index (κ2) is 6.46. The molecule has 0 bridgehead atoms. The van der Waals surface area contributed by atoms with Gasteiger partial charge in [0.2, 0.25) is 11.8 Å². The number of nitrogens with two attached hydrogens (primary N) is 1. The van der Waals surface area contributed by atoms with Crippen LogP contribution in [0.15, 0.2) is 24.3 Å². The number of morpholine rings is 1. The van der Waals surface area contributed by atoms with Crippen molar-refractivity contribution < 1.29 is 14.3 Å². The first kappa shape index (κ1) is 15.0. The van der Waals surface area contributed by atoms with Gasteiger partial charge in [-0.15, -0.1) is 0 Å². The van der Waals surface area contributed by atoms with Crippen LogP contribution in [0.1, 0.15) is 17.5 Å². The van der Waals surface area contributed by atoms with Crippen molar-refractivity contribution in [2.24, 2.45) is 5.73 Å². The molecule has 2 aliphatic rings. The molecule has 6 nitrogen and oxygen atoms in total. The van der Waals surface area contributed by atoms with Gasteiger partial charge in [0, 0.05) is 26.1 Å². The van der Waals surface area contributed by atoms with E-state index in [1.54, 1.807) is 4.90 Å². The Balaban J connectivity index is 1.75. The minimum Gasteiger partial charge on any atom is -0.375 e. The van der Waals surface area contributed by atoms with E-state index >= 15 is 0 Å². The van der Waals surface area contributed by atoms with E-state index < -0.39 is 11.9 Å². The number of hydrogen-bond donors (Lipinski definition) is 2. The molecule has 0 radical (unpaired) electrons. The van der Waals surface area contributed by atoms with Gasteiger partial charge in [0.25, 0.3) is 0 Å². The smallest absolute Gasteiger partial charge is 0.240 e. The molecule has 3 rings (SSSR count). The lowest BCUT2D eigenvalue weighted by Gasteiger charge is -2.36. The molecule has 1 saturated heterocycles. The number of hydrogen-bond acceptors (Lipinski definition) is 4. The topological polar surface area (TPSA) is 84.7 Å². The fraction of sp³-hybridized carbons (Fsp3) is 0.500. The molecule has 0 spiro atoms. The van der Waals surface area contributed by atoms with Crippen LogP contribution in [-0.2, 0) is 27.3 Å². The predicted molar refractivity (Wildman–Crippen MR) is 80.9 cm³/mol. The highest BCUT2D eigenvalue weighted by Gasteiger charge is 2.34. The van der Waals surface area contributed by atoms with Gasteiger partial charge < -0.3 is 20.7 Å². The molecule has 6 heteroatoms. The van der Waals surface area contributed by atoms with Gasteiger partial charge in [-0.2, -0.15) is 0 Å². The first-order valence-electron chi connectivity index (χ1n) is 7.63. The zero-order chi connectivity index (χ0) is 15.5. The summed E-state index contributed by atoms with van der Waals surface area (Å²) in [6.07, 6.45) is 0.631. The summed E-state index contributed by atoms with van der Waals surface area (Å²) in [5.74, 6) is -0.530. The number of carbonyl (C=O) groups is 2. The number of nitrogens with one attached hydrogen (secondary N) is 1. The molecular weight excluding hydrogens is 282 g/mol. The molecule has 22 heavy (non-hydrogen) atoms. The fourth-order valence-electron chi connectivity index (χ4n) is 3.10. The molecule has 1 fully saturated rings. The van der Waals surface area contributed by atoms with E-state index in [-0.39, 0.29) is 18.4 Å². The summed E-state index contributed by atoms with van der Waals surface area (Å²) in [6.45, 7) is 2.52. The van der Waals surface area contributed by atoms with E-state index in [1.165, 1.54) is 0 Å². The average Bonchev–Trinajstić information content (AvgIpc) is 2.54. The van der Waals surface area contributed by atoms with Crippen molar-refractivity contribution in [2.45, 2.75) is 31.5 Å². The van der Waals surface area contributed by atoms with Crippen LogP contribution in [-0.4, -0.2) is 48.6 Å². The van der Waals surface area contributed by atoms with Crippen LogP contribution in [0.3, 0.4) is 0 Å². The Labute approximate surface area is 129 Å². The van der Waals surface area contributed by atoms with Gasteiger partial charge in [0.15, 0.2) is 0 Å². The second-order valence-corrected chi connectivity index (χ2v) is 5.81. The fourth-order valence-corrected chi connectivity index (χ4v) is 3.10. The monoisotopic (exact) mass is 303 g/mol. The summed E-state index contributed by atoms with van der Waals surface area (Å²) in [4.78, 5) is 26.0. The number of carbonyl (C=O) groups excluding carboxylic acids is 2. The third-order valence-electron chi connectivity index (χ3n) is 4.30. The number of primary amides is 1. The maximum Gasteiger partial charge on any atom is 0.240 e. The highest BCUT2D eigenvalue weighted by atomic mass is 16.5. The molecule has 3 N–H and O–H groups in total. The number of amides is 2. The number of rotatable bonds is 3. The predicted octanol–water partition coefficient (Wildman–Crippen LogP) is -0.196. The van der Waals surface area contributed by atoms with Crippen LogP contribution in [0.2, 0.25) is 0 Å². The molecule has 2 heterocycles. The van der Waals surface area contributed by atoms with E-state index in [0.29, 0.717) is 26.1 Å². The zero-order valence-electron chi connectivity index (χ0n) is 12.5. The molecule has 118 valence electrons. The number of nitrogens with zero attached hydrogens (tertiary/aromatic N) is 1. The highest BCUT2D eigenvalue weighted by molar-refractivity contribution is 5.87. The van der Waals surface area contributed by atoms with E-state index in [9.17, 15) is 9.59 Å². The first-order valence-corrected chi connectivity index (χ1v) is 7.63. The Bertz CT molecular complexity index is 570. The van der Waals surface area contributed by atoms with Crippen molar-refractivity contribution in [3.05, 3.63) is 35.4 Å². The lowest BCUT2D eigenvalue weighted by atomic mass is 9.93. The van der Waals surface area contributed by atoms with Crippen LogP contribution >= 0.6 is 0 Å². The largest absolute Gasteiger partial charge is 0.375 e. The third kappa shape index (κ3) is 3.13. The summed E-state index contributed by atoms with van der Waals surface area (Å²) < 4.78 is 5.58. The van der Waals surface area contributed by atoms with Gasteiger partial charge in [0.1, 0.15) is 6.04 Å². The number of ether oxygens (including phenoxy) is 1. The van der Waals surface area contributed by atoms with Crippen LogP contribution in [0.5, 0.6) is 0 Å². The van der Waals surface area contributed by atoms with Crippen LogP contribution in [0.4, 0.5) is 0 Å². The van der Waals surface area contributed by atoms with E-state index in [0.717, 1.165) is 17.7 Å². The molecule has 0 aromatic heterocycles. The van der Waals surface area contributed by atoms with Gasteiger partial charge in [-0.25, -0.2) is 0 Å². The van der Waals surface area contributed by atoms with Gasteiger partial charge >= 0.3 is 0 Å². The third-order valence-corrected chi connectivity index (χ3v) is 4.30. The first-order chi connectivity index (χ1) is 10.6. The van der Waals surface area contributed by atoms with Gasteiger partial charge in [-0.1, -0.05) is 24.3 Å². The minimum absolute atomic E-state index is 0.0768. The lowest BCUT2D eigenvalue weighted by Crippen LogP contribution is -2.52. The molecule has 1 aromatic rings. The summed E-state index contributed by atoms with van der Waals surface area (Å²) in [5.41, 5.74) is 7.68. The van der Waals surface area contributed by atoms with Crippen molar-refractivity contribution in [3.8, 4) is 0 Å². The minimum atomic E-state index is -0.570. The summed E-state index contributed by atoms with van der Waals surface area (Å²) >= 11 is 0. The Morgan fingerprint density at radius 2 is 2.09 bits per heavy atom. The Kier molecular flexibility index (Phi) is 4.40. The van der Waals surface area contributed by atoms with Gasteiger partial charge in [0.05, 0.1) is 19.1 Å². The molecule has 0 saturated carbocycles. The molecule has 1 aromatic carbocycles. The summed E-state index contributed by atoms with van der Waals surface area (Å²) in [5, 5.41) is 3.21. The molecule has 2 unspecified atom stereocenters. The van der Waals surface area contributed by atoms with Crippen LogP contribution in [0, 0.1) is 0 Å².